The number of nitrogens with one attached hydrogen (secondary N) is 1. The second kappa shape index (κ2) is 29.8. The maximum Gasteiger partial charge on any atom is 0.306 e. The Labute approximate surface area is 428 Å². The van der Waals surface area contributed by atoms with Gasteiger partial charge >= 0.3 is 59.7 Å². The Balaban J connectivity index is 2.29. The zero-order valence-electron chi connectivity index (χ0n) is 44.9. The summed E-state index contributed by atoms with van der Waals surface area (Å²) in [5, 5.41) is 2.59. The molecule has 0 bridgehead atoms. The minimum absolute atomic E-state index is 0.0832. The van der Waals surface area contributed by atoms with Gasteiger partial charge < -0.3 is 81.1 Å². The number of methoxy groups -OCH3 is 1. The van der Waals surface area contributed by atoms with Gasteiger partial charge in [0.05, 0.1) is 20.1 Å². The van der Waals surface area contributed by atoms with Gasteiger partial charge in [-0.25, -0.2) is 0 Å². The molecule has 15 atom stereocenters. The molecule has 3 rings (SSSR count). The van der Waals surface area contributed by atoms with E-state index in [-0.39, 0.29) is 18.8 Å². The molecule has 412 valence electrons. The van der Waals surface area contributed by atoms with Gasteiger partial charge in [0.25, 0.3) is 0 Å². The molecule has 29 heteroatoms. The first-order valence-electron chi connectivity index (χ1n) is 24.8. The predicted octanol–water partition coefficient (Wildman–Crippen LogP) is -0.971. The van der Waals surface area contributed by atoms with Gasteiger partial charge in [-0.3, -0.25) is 52.7 Å². The lowest BCUT2D eigenvalue weighted by atomic mass is 9.94. The Hall–Kier alpha value is -5.72. The molecule has 28 nitrogen and oxygen atoms in total. The van der Waals surface area contributed by atoms with Crippen LogP contribution in [0.25, 0.3) is 0 Å². The Morgan fingerprint density at radius 1 is 0.466 bits per heavy atom. The molecule has 0 aromatic heterocycles. The van der Waals surface area contributed by atoms with Crippen LogP contribution in [0.15, 0.2) is 0 Å². The van der Waals surface area contributed by atoms with Crippen molar-refractivity contribution in [1.82, 2.24) is 5.32 Å². The summed E-state index contributed by atoms with van der Waals surface area (Å²) in [6.45, 7) is -0.805. The van der Waals surface area contributed by atoms with Crippen LogP contribution in [0.3, 0.4) is 0 Å². The van der Waals surface area contributed by atoms with E-state index in [4.69, 9.17) is 76.5 Å². The van der Waals surface area contributed by atoms with E-state index in [1.54, 1.807) is 0 Å². The van der Waals surface area contributed by atoms with E-state index in [0.29, 0.717) is 5.75 Å². The van der Waals surface area contributed by atoms with Crippen LogP contribution in [0.4, 0.5) is 0 Å². The highest BCUT2D eigenvalue weighted by Gasteiger charge is 2.59. The summed E-state index contributed by atoms with van der Waals surface area (Å²) < 4.78 is 122. The Morgan fingerprint density at radius 3 is 1.33 bits per heavy atom. The first-order valence-corrected chi connectivity index (χ1v) is 23.1. The largest absolute Gasteiger partial charge is 0.469 e. The summed E-state index contributed by atoms with van der Waals surface area (Å²) in [5.41, 5.74) is 0. The van der Waals surface area contributed by atoms with Crippen LogP contribution in [0.5, 0.6) is 0 Å². The number of amides is 1. The van der Waals surface area contributed by atoms with Crippen molar-refractivity contribution < 1.29 is 134 Å². The molecule has 0 saturated carbocycles. The van der Waals surface area contributed by atoms with E-state index in [2.05, 4.69) is 10.1 Å². The lowest BCUT2D eigenvalue weighted by molar-refractivity contribution is -0.375. The number of rotatable bonds is 24. The number of thioether (sulfide) groups is 1. The summed E-state index contributed by atoms with van der Waals surface area (Å²) in [6, 6.07) is -1.45. The predicted molar refractivity (Wildman–Crippen MR) is 236 cm³/mol. The van der Waals surface area contributed by atoms with E-state index < -0.39 is 205 Å². The molecule has 1 N–H and O–H groups in total. The lowest BCUT2D eigenvalue weighted by Gasteiger charge is -2.50. The maximum atomic E-state index is 13.1. The SMILES string of the molecule is [2H]CC(=O)OC[C@H]1OC(O[C@@H]2[C@H](OC(C)=O)[C@@H](OC(C)=O)[C@H](O[C@H]3[C@H](OC(C)=O)[C@@H](NC(C)=O)[C@H](OCCSCCC(=O)OC)O[C@@H]3COC(C)=O)O[C@@H]2COC(C)=O)[C@H](OC(=O)C[2H])[C@@H](OC(=O)C[2H])[C@H]1OC(=O)C[2H]. The molecule has 3 fully saturated rings. The quantitative estimate of drug-likeness (QED) is 0.0690. The minimum atomic E-state index is -2.23. The van der Waals surface area contributed by atoms with Crippen molar-refractivity contribution >= 4 is 77.4 Å². The monoisotopic (exact) mass is 1070 g/mol. The molecule has 0 aliphatic carbocycles. The number of hydrogen-bond donors (Lipinski definition) is 1. The van der Waals surface area contributed by atoms with E-state index in [9.17, 15) is 52.7 Å². The molecule has 0 spiro atoms. The summed E-state index contributed by atoms with van der Waals surface area (Å²) in [4.78, 5) is 139. The van der Waals surface area contributed by atoms with Gasteiger partial charge in [-0.15, -0.1) is 0 Å². The topological polar surface area (TPSA) is 347 Å². The molecule has 3 aliphatic heterocycles. The molecular formula is C44H63NO27S. The number of carbonyl (C=O) groups excluding carboxylic acids is 11. The number of carbonyl (C=O) groups is 11. The number of hydrogen-bond acceptors (Lipinski definition) is 28. The van der Waals surface area contributed by atoms with E-state index in [1.165, 1.54) is 18.9 Å². The molecule has 73 heavy (non-hydrogen) atoms. The third-order valence-electron chi connectivity index (χ3n) is 9.99. The fourth-order valence-corrected chi connectivity index (χ4v) is 8.17. The molecule has 1 amide bonds. The van der Waals surface area contributed by atoms with E-state index in [1.807, 2.05) is 0 Å². The van der Waals surface area contributed by atoms with Gasteiger partial charge in [0, 0.05) is 86.1 Å². The molecular weight excluding hydrogens is 1010 g/mol. The van der Waals surface area contributed by atoms with Crippen LogP contribution in [0.2, 0.25) is 0 Å². The van der Waals surface area contributed by atoms with Crippen molar-refractivity contribution in [2.45, 2.75) is 168 Å². The van der Waals surface area contributed by atoms with Gasteiger partial charge in [0.15, 0.2) is 55.5 Å². The summed E-state index contributed by atoms with van der Waals surface area (Å²) >= 11 is 1.30. The van der Waals surface area contributed by atoms with Crippen molar-refractivity contribution in [3.05, 3.63) is 0 Å². The van der Waals surface area contributed by atoms with Crippen molar-refractivity contribution in [2.24, 2.45) is 0 Å². The third-order valence-corrected chi connectivity index (χ3v) is 10.9. The van der Waals surface area contributed by atoms with Gasteiger partial charge in [-0.2, -0.15) is 11.8 Å². The van der Waals surface area contributed by atoms with Crippen molar-refractivity contribution in [2.75, 3.05) is 45.0 Å². The fraction of sp³-hybridized carbons (Fsp3) is 0.750. The van der Waals surface area contributed by atoms with Crippen molar-refractivity contribution in [3.8, 4) is 0 Å². The average molecular weight is 1070 g/mol. The second-order valence-corrected chi connectivity index (χ2v) is 17.0. The molecule has 3 heterocycles. The number of esters is 10. The molecule has 1 unspecified atom stereocenters. The van der Waals surface area contributed by atoms with Gasteiger partial charge in [0.2, 0.25) is 5.91 Å². The first kappa shape index (κ1) is 55.0. The molecule has 3 aliphatic rings. The van der Waals surface area contributed by atoms with Crippen LogP contribution in [0.1, 0.15) is 81.0 Å². The summed E-state index contributed by atoms with van der Waals surface area (Å²) in [6.07, 6.45) is -26.6. The van der Waals surface area contributed by atoms with Crippen molar-refractivity contribution in [1.29, 1.82) is 0 Å². The van der Waals surface area contributed by atoms with E-state index >= 15 is 0 Å². The first-order chi connectivity index (χ1) is 36.5. The van der Waals surface area contributed by atoms with Gasteiger partial charge in [-0.05, 0) is 0 Å². The van der Waals surface area contributed by atoms with Crippen LogP contribution in [0, 0.1) is 0 Å². The van der Waals surface area contributed by atoms with Gasteiger partial charge in [-0.1, -0.05) is 0 Å². The average Bonchev–Trinajstić information content (AvgIpc) is 3.36. The van der Waals surface area contributed by atoms with Crippen LogP contribution in [-0.2, 0) is 129 Å². The van der Waals surface area contributed by atoms with Crippen molar-refractivity contribution in [3.63, 3.8) is 0 Å². The molecule has 0 aromatic rings. The molecule has 0 radical (unpaired) electrons. The highest BCUT2D eigenvalue weighted by Crippen LogP contribution is 2.38. The second-order valence-electron chi connectivity index (χ2n) is 15.7. The molecule has 3 saturated heterocycles. The lowest BCUT2D eigenvalue weighted by Crippen LogP contribution is -2.70. The fourth-order valence-electron chi connectivity index (χ4n) is 7.44. The van der Waals surface area contributed by atoms with Crippen LogP contribution < -0.4 is 5.32 Å². The number of ether oxygens (including phenoxy) is 16. The van der Waals surface area contributed by atoms with E-state index in [0.717, 1.165) is 41.5 Å². The zero-order valence-corrected chi connectivity index (χ0v) is 41.7. The minimum Gasteiger partial charge on any atom is -0.469 e. The normalized spacial score (nSPS) is 30.4. The highest BCUT2D eigenvalue weighted by atomic mass is 32.2. The standard InChI is InChI=1S/C44H63NO27S/c1-19(46)45-33-37(63-24(6)51)34(29(16-59-20(2)47)68-42(33)58-13-15-73-14-12-32(56)57-11)71-43-41(67-28(10)55)39(65-26(8)53)36(31(70-43)18-61-22(4)49)72-44-40(66-27(9)54)38(64-25(7)52)35(62-23(5)50)30(69-44)17-60-21(3)48/h29-31,33-44H,12-18H2,1-11H3,(H,45,46)/t29-,30-,31-,33-,34-,35+,36+,37-,38+,39+,40-,41-,42-,43+,44?/m1/s1/i3D,5D,7D,9D. The van der Waals surface area contributed by atoms with Crippen LogP contribution in [-0.4, -0.2) is 203 Å². The third kappa shape index (κ3) is 20.3. The Morgan fingerprint density at radius 2 is 0.863 bits per heavy atom. The highest BCUT2D eigenvalue weighted by molar-refractivity contribution is 7.99. The Bertz CT molecular complexity index is 2060. The summed E-state index contributed by atoms with van der Waals surface area (Å²) in [7, 11) is 1.24. The molecule has 0 aromatic carbocycles. The zero-order chi connectivity index (χ0) is 57.5. The smallest absolute Gasteiger partial charge is 0.306 e. The summed E-state index contributed by atoms with van der Waals surface area (Å²) in [5.74, 6) is -10.7. The van der Waals surface area contributed by atoms with Crippen LogP contribution >= 0.6 is 11.8 Å². The van der Waals surface area contributed by atoms with Gasteiger partial charge in [0.1, 0.15) is 56.4 Å². The maximum absolute atomic E-state index is 13.1. The Kier molecular flexibility index (Phi) is 22.5.